The van der Waals surface area contributed by atoms with E-state index >= 15 is 0 Å². The second kappa shape index (κ2) is 7.03. The predicted octanol–water partition coefficient (Wildman–Crippen LogP) is 5.79. The van der Waals surface area contributed by atoms with Crippen LogP contribution in [0.3, 0.4) is 0 Å². The van der Waals surface area contributed by atoms with Crippen LogP contribution in [-0.2, 0) is 15.6 Å². The molecule has 1 aliphatic carbocycles. The van der Waals surface area contributed by atoms with Crippen molar-refractivity contribution in [3.63, 3.8) is 0 Å². The van der Waals surface area contributed by atoms with Crippen LogP contribution >= 0.6 is 0 Å². The van der Waals surface area contributed by atoms with Gasteiger partial charge in [-0.1, -0.05) is 45.9 Å². The number of carboxylic acid groups (broad SMARTS) is 1. The highest BCUT2D eigenvalue weighted by Crippen LogP contribution is 2.49. The van der Waals surface area contributed by atoms with E-state index in [1.54, 1.807) is 6.92 Å². The Hall–Kier alpha value is -2.29. The van der Waals surface area contributed by atoms with E-state index in [0.29, 0.717) is 6.61 Å². The molecule has 0 unspecified atom stereocenters. The van der Waals surface area contributed by atoms with E-state index < -0.39 is 5.97 Å². The lowest BCUT2D eigenvalue weighted by molar-refractivity contribution is -0.131. The largest absolute Gasteiger partial charge is 0.493 e. The first kappa shape index (κ1) is 19.5. The second-order valence-corrected chi connectivity index (χ2v) is 9.04. The number of hydrogen-bond donors (Lipinski definition) is 1. The van der Waals surface area contributed by atoms with Crippen molar-refractivity contribution in [3.05, 3.63) is 58.7 Å². The lowest BCUT2D eigenvalue weighted by Crippen LogP contribution is -2.34. The van der Waals surface area contributed by atoms with Crippen LogP contribution in [-0.4, -0.2) is 17.7 Å². The van der Waals surface area contributed by atoms with E-state index in [0.717, 1.165) is 17.7 Å². The Labute approximate surface area is 162 Å². The topological polar surface area (TPSA) is 46.5 Å². The van der Waals surface area contributed by atoms with E-state index in [1.165, 1.54) is 41.2 Å². The summed E-state index contributed by atoms with van der Waals surface area (Å²) >= 11 is 0. The molecule has 1 N–H and O–H groups in total. The Morgan fingerprint density at radius 2 is 1.74 bits per heavy atom. The van der Waals surface area contributed by atoms with Gasteiger partial charge in [-0.15, -0.1) is 0 Å². The van der Waals surface area contributed by atoms with Gasteiger partial charge in [0.25, 0.3) is 0 Å². The van der Waals surface area contributed by atoms with Crippen molar-refractivity contribution in [1.82, 2.24) is 0 Å². The summed E-state index contributed by atoms with van der Waals surface area (Å²) in [6, 6.07) is 4.60. The zero-order chi connectivity index (χ0) is 19.8. The van der Waals surface area contributed by atoms with Crippen molar-refractivity contribution in [2.24, 2.45) is 0 Å². The molecular formula is C24H30O3. The second-order valence-electron chi connectivity index (χ2n) is 9.04. The minimum Gasteiger partial charge on any atom is -0.493 e. The van der Waals surface area contributed by atoms with Gasteiger partial charge in [0.15, 0.2) is 0 Å². The Morgan fingerprint density at radius 3 is 2.37 bits per heavy atom. The maximum absolute atomic E-state index is 10.7. The zero-order valence-corrected chi connectivity index (χ0v) is 17.1. The van der Waals surface area contributed by atoms with Crippen molar-refractivity contribution in [1.29, 1.82) is 0 Å². The maximum Gasteiger partial charge on any atom is 0.328 e. The van der Waals surface area contributed by atoms with Gasteiger partial charge >= 0.3 is 5.97 Å². The van der Waals surface area contributed by atoms with Crippen LogP contribution in [0.4, 0.5) is 0 Å². The standard InChI is InChI=1S/C24H30O3/c1-16(13-22(25)26)7-6-8-17-9-12-27-21-15-20-19(14-18(17)21)23(2,3)10-11-24(20,4)5/h6-8,13-15H,9-12H2,1-5H3,(H,25,26)/b7-6?,16-13+,17-8?. The van der Waals surface area contributed by atoms with E-state index in [9.17, 15) is 4.79 Å². The molecule has 1 aliphatic heterocycles. The highest BCUT2D eigenvalue weighted by Gasteiger charge is 2.38. The highest BCUT2D eigenvalue weighted by molar-refractivity contribution is 5.81. The molecule has 3 heteroatoms. The summed E-state index contributed by atoms with van der Waals surface area (Å²) < 4.78 is 6.01. The molecule has 144 valence electrons. The molecule has 0 aromatic heterocycles. The fourth-order valence-corrected chi connectivity index (χ4v) is 4.10. The fraction of sp³-hybridized carbons (Fsp3) is 0.458. The Morgan fingerprint density at radius 1 is 1.11 bits per heavy atom. The molecule has 0 bridgehead atoms. The molecule has 0 radical (unpaired) electrons. The number of ether oxygens (including phenoxy) is 1. The van der Waals surface area contributed by atoms with Gasteiger partial charge in [0, 0.05) is 18.1 Å². The number of fused-ring (bicyclic) bond motifs is 2. The molecule has 1 aromatic carbocycles. The van der Waals surface area contributed by atoms with Gasteiger partial charge in [0.1, 0.15) is 5.75 Å². The fourth-order valence-electron chi connectivity index (χ4n) is 4.10. The van der Waals surface area contributed by atoms with Crippen molar-refractivity contribution >= 4 is 11.5 Å². The number of carbonyl (C=O) groups is 1. The first-order valence-electron chi connectivity index (χ1n) is 9.71. The third-order valence-corrected chi connectivity index (χ3v) is 5.94. The molecule has 27 heavy (non-hydrogen) atoms. The SMILES string of the molecule is C/C(C=CC=C1CCOc2cc3c(cc21)C(C)(C)CCC3(C)C)=C\C(=O)O. The van der Waals surface area contributed by atoms with Crippen LogP contribution in [0.15, 0.2) is 42.0 Å². The normalized spacial score (nSPS) is 22.3. The van der Waals surface area contributed by atoms with Crippen LogP contribution < -0.4 is 4.74 Å². The number of carboxylic acids is 1. The summed E-state index contributed by atoms with van der Waals surface area (Å²) in [7, 11) is 0. The summed E-state index contributed by atoms with van der Waals surface area (Å²) in [5.41, 5.74) is 6.32. The third kappa shape index (κ3) is 4.02. The van der Waals surface area contributed by atoms with E-state index in [4.69, 9.17) is 9.84 Å². The maximum atomic E-state index is 10.7. The molecular weight excluding hydrogens is 336 g/mol. The molecule has 0 atom stereocenters. The monoisotopic (exact) mass is 366 g/mol. The molecule has 0 amide bonds. The quantitative estimate of drug-likeness (QED) is 0.544. The smallest absolute Gasteiger partial charge is 0.328 e. The Balaban J connectivity index is 2.02. The van der Waals surface area contributed by atoms with E-state index in [1.807, 2.05) is 12.2 Å². The Bertz CT molecular complexity index is 851. The van der Waals surface area contributed by atoms with Crippen LogP contribution in [0.5, 0.6) is 5.75 Å². The van der Waals surface area contributed by atoms with Gasteiger partial charge in [-0.05, 0) is 65.0 Å². The van der Waals surface area contributed by atoms with Gasteiger partial charge in [-0.25, -0.2) is 4.79 Å². The van der Waals surface area contributed by atoms with E-state index in [-0.39, 0.29) is 10.8 Å². The van der Waals surface area contributed by atoms with Crippen LogP contribution in [0.25, 0.3) is 5.57 Å². The highest BCUT2D eigenvalue weighted by atomic mass is 16.5. The van der Waals surface area contributed by atoms with Gasteiger partial charge in [-0.2, -0.15) is 0 Å². The summed E-state index contributed by atoms with van der Waals surface area (Å²) in [5.74, 6) is 0.0564. The Kier molecular flexibility index (Phi) is 5.07. The first-order valence-corrected chi connectivity index (χ1v) is 9.71. The lowest BCUT2D eigenvalue weighted by Gasteiger charge is -2.42. The predicted molar refractivity (Wildman–Crippen MR) is 110 cm³/mol. The number of hydrogen-bond acceptors (Lipinski definition) is 2. The number of allylic oxidation sites excluding steroid dienone is 4. The molecule has 0 saturated carbocycles. The summed E-state index contributed by atoms with van der Waals surface area (Å²) in [4.78, 5) is 10.7. The van der Waals surface area contributed by atoms with Crippen molar-refractivity contribution in [2.45, 2.75) is 64.7 Å². The summed E-state index contributed by atoms with van der Waals surface area (Å²) in [6.45, 7) is 11.8. The van der Waals surface area contributed by atoms with Gasteiger partial charge in [0.05, 0.1) is 6.61 Å². The molecule has 0 spiro atoms. The molecule has 3 nitrogen and oxygen atoms in total. The number of aliphatic carboxylic acids is 1. The van der Waals surface area contributed by atoms with E-state index in [2.05, 4.69) is 45.9 Å². The van der Waals surface area contributed by atoms with Crippen molar-refractivity contribution in [3.8, 4) is 5.75 Å². The molecule has 2 aliphatic rings. The molecule has 3 rings (SSSR count). The minimum absolute atomic E-state index is 0.166. The minimum atomic E-state index is -0.919. The van der Waals surface area contributed by atoms with Crippen molar-refractivity contribution < 1.29 is 14.6 Å². The lowest BCUT2D eigenvalue weighted by atomic mass is 9.62. The van der Waals surface area contributed by atoms with Crippen molar-refractivity contribution in [2.75, 3.05) is 6.61 Å². The van der Waals surface area contributed by atoms with Crippen LogP contribution in [0.2, 0.25) is 0 Å². The van der Waals surface area contributed by atoms with Gasteiger partial charge in [-0.3, -0.25) is 0 Å². The summed E-state index contributed by atoms with van der Waals surface area (Å²) in [5, 5.41) is 8.82. The van der Waals surface area contributed by atoms with Gasteiger partial charge in [0.2, 0.25) is 0 Å². The third-order valence-electron chi connectivity index (χ3n) is 5.94. The average Bonchev–Trinajstić information content (AvgIpc) is 2.57. The molecule has 0 saturated heterocycles. The molecule has 1 heterocycles. The number of rotatable bonds is 3. The van der Waals surface area contributed by atoms with Crippen LogP contribution in [0, 0.1) is 0 Å². The van der Waals surface area contributed by atoms with Gasteiger partial charge < -0.3 is 9.84 Å². The number of benzene rings is 1. The average molecular weight is 367 g/mol. The zero-order valence-electron chi connectivity index (χ0n) is 17.1. The first-order chi connectivity index (χ1) is 12.6. The molecule has 1 aromatic rings. The van der Waals surface area contributed by atoms with Crippen LogP contribution in [0.1, 0.15) is 70.6 Å². The summed E-state index contributed by atoms with van der Waals surface area (Å²) in [6.07, 6.45) is 10.3. The molecule has 0 fully saturated rings.